The molecule has 1 N–H and O–H groups in total. The predicted octanol–water partition coefficient (Wildman–Crippen LogP) is 2.64. The van der Waals surface area contributed by atoms with Gasteiger partial charge in [0.15, 0.2) is 0 Å². The standard InChI is InChI=1S/C13H22BrN3O2/c1-3-5-8-17-13(18)12(14)11(10-16-17)15-7-6-9-19-4-2/h10,15H,3-9H2,1-2H3. The fraction of sp³-hybridized carbons (Fsp3) is 0.692. The molecule has 108 valence electrons. The summed E-state index contributed by atoms with van der Waals surface area (Å²) in [7, 11) is 0. The maximum Gasteiger partial charge on any atom is 0.283 e. The summed E-state index contributed by atoms with van der Waals surface area (Å²) in [5.41, 5.74) is 0.664. The van der Waals surface area contributed by atoms with Gasteiger partial charge in [0.05, 0.1) is 11.9 Å². The Labute approximate surface area is 122 Å². The van der Waals surface area contributed by atoms with Crippen molar-refractivity contribution >= 4 is 21.6 Å². The number of nitrogens with one attached hydrogen (secondary N) is 1. The monoisotopic (exact) mass is 331 g/mol. The second-order valence-electron chi connectivity index (χ2n) is 4.23. The van der Waals surface area contributed by atoms with Gasteiger partial charge in [-0.1, -0.05) is 13.3 Å². The minimum atomic E-state index is -0.0803. The van der Waals surface area contributed by atoms with E-state index in [9.17, 15) is 4.79 Å². The molecule has 0 spiro atoms. The van der Waals surface area contributed by atoms with Crippen LogP contribution in [-0.2, 0) is 11.3 Å². The van der Waals surface area contributed by atoms with E-state index in [1.807, 2.05) is 6.92 Å². The molecule has 1 aromatic rings. The molecule has 0 unspecified atom stereocenters. The number of aromatic nitrogens is 2. The highest BCUT2D eigenvalue weighted by atomic mass is 79.9. The van der Waals surface area contributed by atoms with Crippen molar-refractivity contribution in [2.75, 3.05) is 25.1 Å². The number of hydrogen-bond donors (Lipinski definition) is 1. The van der Waals surface area contributed by atoms with Crippen molar-refractivity contribution in [1.82, 2.24) is 9.78 Å². The number of ether oxygens (including phenoxy) is 1. The average molecular weight is 332 g/mol. The van der Waals surface area contributed by atoms with Crippen LogP contribution in [-0.4, -0.2) is 29.5 Å². The number of rotatable bonds is 9. The van der Waals surface area contributed by atoms with Crippen LogP contribution in [0.15, 0.2) is 15.5 Å². The lowest BCUT2D eigenvalue weighted by molar-refractivity contribution is 0.147. The van der Waals surface area contributed by atoms with E-state index in [1.54, 1.807) is 6.20 Å². The highest BCUT2D eigenvalue weighted by molar-refractivity contribution is 9.10. The first-order valence-corrected chi connectivity index (χ1v) is 7.57. The van der Waals surface area contributed by atoms with E-state index in [2.05, 4.69) is 33.3 Å². The third-order valence-corrected chi connectivity index (χ3v) is 3.46. The molecule has 0 amide bonds. The summed E-state index contributed by atoms with van der Waals surface area (Å²) < 4.78 is 7.31. The molecule has 0 fully saturated rings. The third kappa shape index (κ3) is 5.32. The Bertz CT molecular complexity index is 434. The third-order valence-electron chi connectivity index (χ3n) is 2.69. The van der Waals surface area contributed by atoms with Gasteiger partial charge in [0.25, 0.3) is 5.56 Å². The summed E-state index contributed by atoms with van der Waals surface area (Å²) in [6.07, 6.45) is 4.60. The lowest BCUT2D eigenvalue weighted by atomic mass is 10.3. The molecule has 1 rings (SSSR count). The van der Waals surface area contributed by atoms with Crippen LogP contribution >= 0.6 is 15.9 Å². The largest absolute Gasteiger partial charge is 0.383 e. The van der Waals surface area contributed by atoms with Gasteiger partial charge in [-0.3, -0.25) is 4.79 Å². The van der Waals surface area contributed by atoms with Crippen LogP contribution in [0.1, 0.15) is 33.1 Å². The van der Waals surface area contributed by atoms with Gasteiger partial charge in [-0.05, 0) is 35.7 Å². The summed E-state index contributed by atoms with van der Waals surface area (Å²) in [6, 6.07) is 0. The Morgan fingerprint density at radius 1 is 1.42 bits per heavy atom. The smallest absolute Gasteiger partial charge is 0.283 e. The van der Waals surface area contributed by atoms with Crippen molar-refractivity contribution in [3.63, 3.8) is 0 Å². The van der Waals surface area contributed by atoms with Gasteiger partial charge in [-0.25, -0.2) is 4.68 Å². The molecule has 0 bridgehead atoms. The van der Waals surface area contributed by atoms with Crippen LogP contribution in [0.5, 0.6) is 0 Å². The molecular weight excluding hydrogens is 310 g/mol. The van der Waals surface area contributed by atoms with Crippen molar-refractivity contribution in [2.45, 2.75) is 39.7 Å². The molecule has 5 nitrogen and oxygen atoms in total. The Morgan fingerprint density at radius 3 is 2.89 bits per heavy atom. The van der Waals surface area contributed by atoms with Crippen LogP contribution in [0.3, 0.4) is 0 Å². The fourth-order valence-corrected chi connectivity index (χ4v) is 2.04. The van der Waals surface area contributed by atoms with E-state index in [4.69, 9.17) is 4.74 Å². The van der Waals surface area contributed by atoms with Crippen LogP contribution in [0.2, 0.25) is 0 Å². The lowest BCUT2D eigenvalue weighted by Crippen LogP contribution is -2.24. The minimum Gasteiger partial charge on any atom is -0.383 e. The van der Waals surface area contributed by atoms with Crippen molar-refractivity contribution in [3.05, 3.63) is 21.0 Å². The first kappa shape index (κ1) is 16.2. The second kappa shape index (κ2) is 9.09. The SMILES string of the molecule is CCCCn1ncc(NCCCOCC)c(Br)c1=O. The maximum atomic E-state index is 12.0. The molecule has 0 radical (unpaired) electrons. The molecule has 1 aromatic heterocycles. The molecule has 19 heavy (non-hydrogen) atoms. The van der Waals surface area contributed by atoms with E-state index in [-0.39, 0.29) is 5.56 Å². The van der Waals surface area contributed by atoms with Crippen molar-refractivity contribution in [1.29, 1.82) is 0 Å². The Balaban J connectivity index is 2.56. The average Bonchev–Trinajstić information content (AvgIpc) is 2.42. The highest BCUT2D eigenvalue weighted by Crippen LogP contribution is 2.16. The van der Waals surface area contributed by atoms with E-state index in [1.165, 1.54) is 4.68 Å². The number of anilines is 1. The predicted molar refractivity (Wildman–Crippen MR) is 80.7 cm³/mol. The lowest BCUT2D eigenvalue weighted by Gasteiger charge is -2.10. The van der Waals surface area contributed by atoms with Crippen LogP contribution in [0.4, 0.5) is 5.69 Å². The van der Waals surface area contributed by atoms with Crippen molar-refractivity contribution in [3.8, 4) is 0 Å². The number of hydrogen-bond acceptors (Lipinski definition) is 4. The molecule has 0 saturated carbocycles. The molecule has 0 saturated heterocycles. The molecule has 1 heterocycles. The van der Waals surface area contributed by atoms with Gasteiger partial charge in [0, 0.05) is 26.3 Å². The maximum absolute atomic E-state index is 12.0. The normalized spacial score (nSPS) is 10.7. The second-order valence-corrected chi connectivity index (χ2v) is 5.02. The van der Waals surface area contributed by atoms with Gasteiger partial charge < -0.3 is 10.1 Å². The van der Waals surface area contributed by atoms with Crippen LogP contribution < -0.4 is 10.9 Å². The molecule has 6 heteroatoms. The van der Waals surface area contributed by atoms with Crippen molar-refractivity contribution in [2.24, 2.45) is 0 Å². The van der Waals surface area contributed by atoms with E-state index >= 15 is 0 Å². The summed E-state index contributed by atoms with van der Waals surface area (Å²) in [4.78, 5) is 12.0. The van der Waals surface area contributed by atoms with E-state index in [0.717, 1.165) is 44.7 Å². The molecule has 0 atom stereocenters. The topological polar surface area (TPSA) is 56.1 Å². The zero-order valence-corrected chi connectivity index (χ0v) is 13.2. The van der Waals surface area contributed by atoms with Crippen molar-refractivity contribution < 1.29 is 4.74 Å². The molecule has 0 aliphatic rings. The van der Waals surface area contributed by atoms with E-state index < -0.39 is 0 Å². The van der Waals surface area contributed by atoms with Crippen LogP contribution in [0, 0.1) is 0 Å². The first-order chi connectivity index (χ1) is 9.20. The molecule has 0 aliphatic carbocycles. The van der Waals surface area contributed by atoms with Gasteiger partial charge in [0.1, 0.15) is 4.47 Å². The Kier molecular flexibility index (Phi) is 7.74. The molecule has 0 aromatic carbocycles. The zero-order valence-electron chi connectivity index (χ0n) is 11.6. The summed E-state index contributed by atoms with van der Waals surface area (Å²) in [6.45, 7) is 6.95. The fourth-order valence-electron chi connectivity index (χ4n) is 1.60. The number of halogens is 1. The van der Waals surface area contributed by atoms with Gasteiger partial charge >= 0.3 is 0 Å². The number of aryl methyl sites for hydroxylation is 1. The summed E-state index contributed by atoms with van der Waals surface area (Å²) >= 11 is 3.34. The molecular formula is C13H22BrN3O2. The Hall–Kier alpha value is -0.880. The minimum absolute atomic E-state index is 0.0803. The zero-order chi connectivity index (χ0) is 14.1. The Morgan fingerprint density at radius 2 is 2.21 bits per heavy atom. The highest BCUT2D eigenvalue weighted by Gasteiger charge is 2.07. The van der Waals surface area contributed by atoms with Crippen LogP contribution in [0.25, 0.3) is 0 Å². The molecule has 0 aliphatic heterocycles. The quantitative estimate of drug-likeness (QED) is 0.707. The number of unbranched alkanes of at least 4 members (excludes halogenated alkanes) is 1. The summed E-state index contributed by atoms with van der Waals surface area (Å²) in [5.74, 6) is 0. The summed E-state index contributed by atoms with van der Waals surface area (Å²) in [5, 5.41) is 7.37. The number of nitrogens with zero attached hydrogens (tertiary/aromatic N) is 2. The van der Waals surface area contributed by atoms with E-state index in [0.29, 0.717) is 11.0 Å². The van der Waals surface area contributed by atoms with Gasteiger partial charge in [-0.15, -0.1) is 0 Å². The van der Waals surface area contributed by atoms with Gasteiger partial charge in [-0.2, -0.15) is 5.10 Å². The first-order valence-electron chi connectivity index (χ1n) is 6.77. The van der Waals surface area contributed by atoms with Gasteiger partial charge in [0.2, 0.25) is 0 Å².